The number of aliphatic hydroxyl groups is 1. The van der Waals surface area contributed by atoms with Crippen LogP contribution in [-0.2, 0) is 37.3 Å². The molecular weight excluding hydrogens is 681 g/mol. The van der Waals surface area contributed by atoms with E-state index in [0.29, 0.717) is 17.0 Å². The second-order valence-electron chi connectivity index (χ2n) is 12.7. The molecule has 0 aliphatic carbocycles. The second-order valence-corrected chi connectivity index (χ2v) is 15.5. The van der Waals surface area contributed by atoms with E-state index in [1.807, 2.05) is 91.9 Å². The Morgan fingerprint density at radius 2 is 1.49 bits per heavy atom. The van der Waals surface area contributed by atoms with E-state index in [1.54, 1.807) is 36.0 Å². The van der Waals surface area contributed by atoms with Gasteiger partial charge in [-0.15, -0.1) is 11.8 Å². The smallest absolute Gasteiger partial charge is 0.242 e. The maximum absolute atomic E-state index is 13.9. The number of hydrogen-bond donors (Lipinski definition) is 3. The molecule has 1 amide bonds. The Morgan fingerprint density at radius 1 is 0.804 bits per heavy atom. The Labute approximate surface area is 304 Å². The number of aryl methyl sites for hydroxylation is 1. The van der Waals surface area contributed by atoms with Gasteiger partial charge in [0, 0.05) is 27.8 Å². The summed E-state index contributed by atoms with van der Waals surface area (Å²) in [5, 5.41) is 12.5. The Hall–Kier alpha value is -4.29. The fourth-order valence-electron chi connectivity index (χ4n) is 6.01. The summed E-state index contributed by atoms with van der Waals surface area (Å²) in [6.07, 6.45) is -1.03. The molecule has 264 valence electrons. The van der Waals surface area contributed by atoms with Crippen molar-refractivity contribution < 1.29 is 27.8 Å². The number of nitrogens with one attached hydrogen (secondary N) is 2. The number of aliphatic hydroxyl groups excluding tert-OH is 1. The van der Waals surface area contributed by atoms with Crippen molar-refractivity contribution in [3.63, 3.8) is 0 Å². The summed E-state index contributed by atoms with van der Waals surface area (Å²) in [6.45, 7) is 3.96. The molecule has 5 aromatic rings. The molecule has 0 aromatic heterocycles. The zero-order valence-electron chi connectivity index (χ0n) is 28.5. The zero-order chi connectivity index (χ0) is 35.8. The maximum Gasteiger partial charge on any atom is 0.242 e. The van der Waals surface area contributed by atoms with Crippen molar-refractivity contribution in [3.8, 4) is 0 Å². The minimum Gasteiger partial charge on any atom is -0.392 e. The average molecular weight is 723 g/mol. The van der Waals surface area contributed by atoms with Gasteiger partial charge in [-0.1, -0.05) is 110 Å². The first-order valence-electron chi connectivity index (χ1n) is 16.9. The van der Waals surface area contributed by atoms with E-state index in [0.717, 1.165) is 27.1 Å². The topological polar surface area (TPSA) is 114 Å². The number of hydrogen-bond acceptors (Lipinski definition) is 7. The van der Waals surface area contributed by atoms with E-state index < -0.39 is 28.3 Å². The molecule has 0 bridgehead atoms. The van der Waals surface area contributed by atoms with E-state index in [-0.39, 0.29) is 36.0 Å². The third-order valence-electron chi connectivity index (χ3n) is 8.94. The molecule has 6 rings (SSSR count). The molecule has 1 heterocycles. The van der Waals surface area contributed by atoms with Crippen LogP contribution in [-0.4, -0.2) is 37.3 Å². The largest absolute Gasteiger partial charge is 0.392 e. The highest BCUT2D eigenvalue weighted by Gasteiger charge is 2.38. The Kier molecular flexibility index (Phi) is 12.0. The molecule has 8 nitrogen and oxygen atoms in total. The summed E-state index contributed by atoms with van der Waals surface area (Å²) in [6, 6.07) is 40.0. The van der Waals surface area contributed by atoms with Crippen molar-refractivity contribution >= 4 is 33.4 Å². The molecule has 0 saturated carbocycles. The van der Waals surface area contributed by atoms with Crippen LogP contribution in [0.15, 0.2) is 143 Å². The summed E-state index contributed by atoms with van der Waals surface area (Å²) in [7, 11) is -4.00. The van der Waals surface area contributed by atoms with Gasteiger partial charge in [0.25, 0.3) is 0 Å². The number of benzene rings is 5. The number of carbonyl (C=O) groups is 1. The Bertz CT molecular complexity index is 1990. The number of sulfonamides is 1. The predicted octanol–water partition coefficient (Wildman–Crippen LogP) is 7.60. The fraction of sp³-hybridized carbons (Fsp3) is 0.244. The summed E-state index contributed by atoms with van der Waals surface area (Å²) < 4.78 is 42.7. The van der Waals surface area contributed by atoms with Gasteiger partial charge < -0.3 is 19.9 Å². The van der Waals surface area contributed by atoms with Crippen LogP contribution < -0.4 is 10.0 Å². The SMILES string of the molecule is Cc1ccc(S(=O)(=O)N[C@H](Cc2ccccc2)C(=O)Nc2cccc([C@H]3O[C@@H](CSc4ccccc4)[C@@H](C)[C@@H](c4ccc(CO)cc4)O3)c2)cc1. The van der Waals surface area contributed by atoms with E-state index in [4.69, 9.17) is 9.47 Å². The molecule has 5 atom stereocenters. The standard InChI is InChI=1S/C41H42N2O6S2/c1-28-16-22-36(23-17-28)51(46,47)43-37(24-30-10-5-3-6-11-30)40(45)42-34-13-9-12-33(25-34)41-48-38(27-50-35-14-7-4-8-15-35)29(2)39(49-41)32-20-18-31(26-44)19-21-32/h3-23,25,29,37-39,41,43-44H,24,26-27H2,1-2H3,(H,42,45)/t29-,37-,38+,39+,41+/m1/s1. The van der Waals surface area contributed by atoms with Gasteiger partial charge in [-0.3, -0.25) is 4.79 Å². The van der Waals surface area contributed by atoms with E-state index in [1.165, 1.54) is 12.1 Å². The zero-order valence-corrected chi connectivity index (χ0v) is 30.1. The molecule has 5 aromatic carbocycles. The van der Waals surface area contributed by atoms with E-state index >= 15 is 0 Å². The van der Waals surface area contributed by atoms with Crippen LogP contribution in [0.3, 0.4) is 0 Å². The lowest BCUT2D eigenvalue weighted by Gasteiger charge is -2.41. The maximum atomic E-state index is 13.9. The third-order valence-corrected chi connectivity index (χ3v) is 11.5. The van der Waals surface area contributed by atoms with Gasteiger partial charge in [-0.2, -0.15) is 4.72 Å². The van der Waals surface area contributed by atoms with Gasteiger partial charge in [0.1, 0.15) is 6.04 Å². The van der Waals surface area contributed by atoms with Crippen LogP contribution in [0.4, 0.5) is 5.69 Å². The van der Waals surface area contributed by atoms with Crippen LogP contribution in [0.1, 0.15) is 47.1 Å². The number of thioether (sulfide) groups is 1. The van der Waals surface area contributed by atoms with Gasteiger partial charge >= 0.3 is 0 Å². The highest BCUT2D eigenvalue weighted by atomic mass is 32.2. The van der Waals surface area contributed by atoms with Gasteiger partial charge in [0.2, 0.25) is 15.9 Å². The van der Waals surface area contributed by atoms with Crippen LogP contribution in [0.2, 0.25) is 0 Å². The first kappa shape index (κ1) is 36.5. The van der Waals surface area contributed by atoms with Crippen molar-refractivity contribution in [2.24, 2.45) is 5.92 Å². The summed E-state index contributed by atoms with van der Waals surface area (Å²) >= 11 is 1.72. The number of ether oxygens (including phenoxy) is 2. The second kappa shape index (κ2) is 16.8. The lowest BCUT2D eigenvalue weighted by Crippen LogP contribution is -2.45. The van der Waals surface area contributed by atoms with Gasteiger partial charge in [-0.25, -0.2) is 8.42 Å². The first-order chi connectivity index (χ1) is 24.7. The lowest BCUT2D eigenvalue weighted by atomic mass is 9.91. The normalized spacial score (nSPS) is 19.7. The van der Waals surface area contributed by atoms with Gasteiger partial charge in [0.05, 0.1) is 23.7 Å². The van der Waals surface area contributed by atoms with Gasteiger partial charge in [-0.05, 0) is 66.4 Å². The molecule has 3 N–H and O–H groups in total. The lowest BCUT2D eigenvalue weighted by molar-refractivity contribution is -0.268. The van der Waals surface area contributed by atoms with Crippen molar-refractivity contribution in [1.82, 2.24) is 4.72 Å². The van der Waals surface area contributed by atoms with Crippen molar-refractivity contribution in [2.75, 3.05) is 11.1 Å². The molecule has 1 fully saturated rings. The molecule has 0 unspecified atom stereocenters. The van der Waals surface area contributed by atoms with Crippen molar-refractivity contribution in [1.29, 1.82) is 0 Å². The minimum atomic E-state index is -4.00. The number of carbonyl (C=O) groups excluding carboxylic acids is 1. The minimum absolute atomic E-state index is 0.0145. The summed E-state index contributed by atoms with van der Waals surface area (Å²) in [5.74, 6) is 0.222. The molecular formula is C41H42N2O6S2. The van der Waals surface area contributed by atoms with E-state index in [9.17, 15) is 18.3 Å². The van der Waals surface area contributed by atoms with Crippen LogP contribution in [0.5, 0.6) is 0 Å². The quantitative estimate of drug-likeness (QED) is 0.107. The Morgan fingerprint density at radius 3 is 2.18 bits per heavy atom. The first-order valence-corrected chi connectivity index (χ1v) is 19.4. The van der Waals surface area contributed by atoms with Crippen LogP contribution in [0, 0.1) is 12.8 Å². The average Bonchev–Trinajstić information content (AvgIpc) is 3.15. The number of rotatable bonds is 13. The van der Waals surface area contributed by atoms with Crippen LogP contribution in [0.25, 0.3) is 0 Å². The molecule has 51 heavy (non-hydrogen) atoms. The number of amides is 1. The summed E-state index contributed by atoms with van der Waals surface area (Å²) in [4.78, 5) is 15.1. The van der Waals surface area contributed by atoms with Crippen molar-refractivity contribution in [2.45, 2.75) is 61.2 Å². The Balaban J connectivity index is 1.24. The molecule has 1 aliphatic heterocycles. The van der Waals surface area contributed by atoms with E-state index in [2.05, 4.69) is 29.1 Å². The van der Waals surface area contributed by atoms with Gasteiger partial charge in [0.15, 0.2) is 6.29 Å². The summed E-state index contributed by atoms with van der Waals surface area (Å²) in [5.41, 5.74) is 4.74. The predicted molar refractivity (Wildman–Crippen MR) is 201 cm³/mol. The fourth-order valence-corrected chi connectivity index (χ4v) is 8.29. The molecule has 1 aliphatic rings. The monoisotopic (exact) mass is 722 g/mol. The highest BCUT2D eigenvalue weighted by Crippen LogP contribution is 2.43. The molecule has 0 spiro atoms. The third kappa shape index (κ3) is 9.53. The number of anilines is 1. The molecule has 10 heteroatoms. The molecule has 0 radical (unpaired) electrons. The molecule has 1 saturated heterocycles. The van der Waals surface area contributed by atoms with Crippen LogP contribution >= 0.6 is 11.8 Å². The highest BCUT2D eigenvalue weighted by molar-refractivity contribution is 7.99. The van der Waals surface area contributed by atoms with Crippen molar-refractivity contribution in [3.05, 3.63) is 161 Å².